The van der Waals surface area contributed by atoms with Gasteiger partial charge in [-0.2, -0.15) is 0 Å². The Hall–Kier alpha value is -1.96. The lowest BCUT2D eigenvalue weighted by atomic mass is 10.1. The summed E-state index contributed by atoms with van der Waals surface area (Å²) in [7, 11) is 0. The van der Waals surface area contributed by atoms with E-state index in [0.29, 0.717) is 13.3 Å². The third-order valence-corrected chi connectivity index (χ3v) is 3.85. The molecule has 1 aliphatic heterocycles. The van der Waals surface area contributed by atoms with Crippen LogP contribution in [0.1, 0.15) is 31.0 Å². The fraction of sp³-hybridized carbons (Fsp3) is 0.316. The molecule has 25 heavy (non-hydrogen) atoms. The average molecular weight is 453 g/mol. The van der Waals surface area contributed by atoms with Crippen molar-refractivity contribution < 1.29 is 9.47 Å². The van der Waals surface area contributed by atoms with E-state index < -0.39 is 0 Å². The summed E-state index contributed by atoms with van der Waals surface area (Å²) in [5.41, 5.74) is 2.31. The maximum absolute atomic E-state index is 5.41. The van der Waals surface area contributed by atoms with Crippen LogP contribution in [0.2, 0.25) is 0 Å². The molecule has 2 aromatic rings. The van der Waals surface area contributed by atoms with E-state index in [-0.39, 0.29) is 30.0 Å². The van der Waals surface area contributed by atoms with Crippen molar-refractivity contribution in [2.45, 2.75) is 26.4 Å². The first-order chi connectivity index (χ1) is 11.8. The van der Waals surface area contributed by atoms with Crippen LogP contribution in [0.15, 0.2) is 53.5 Å². The van der Waals surface area contributed by atoms with E-state index in [0.717, 1.165) is 29.6 Å². The molecule has 0 bridgehead atoms. The quantitative estimate of drug-likeness (QED) is 0.411. The molecular weight excluding hydrogens is 429 g/mol. The summed E-state index contributed by atoms with van der Waals surface area (Å²) in [5, 5.41) is 6.73. The molecule has 2 N–H and O–H groups in total. The van der Waals surface area contributed by atoms with Gasteiger partial charge in [-0.25, -0.2) is 4.99 Å². The van der Waals surface area contributed by atoms with Gasteiger partial charge in [0.05, 0.1) is 12.6 Å². The van der Waals surface area contributed by atoms with Gasteiger partial charge in [0, 0.05) is 6.54 Å². The van der Waals surface area contributed by atoms with E-state index in [2.05, 4.69) is 41.6 Å². The number of guanidine groups is 1. The lowest BCUT2D eigenvalue weighted by Gasteiger charge is -2.18. The standard InChI is InChI=1S/C19H23N3O2.HI/c1-3-20-19(22-14(2)16-7-5-4-6-8-16)21-12-15-9-10-17-18(11-15)24-13-23-17;/h4-11,14H,3,12-13H2,1-2H3,(H2,20,21,22);1H. The molecule has 134 valence electrons. The molecule has 0 aromatic heterocycles. The maximum Gasteiger partial charge on any atom is 0.231 e. The summed E-state index contributed by atoms with van der Waals surface area (Å²) < 4.78 is 10.8. The molecular formula is C19H24IN3O2. The van der Waals surface area contributed by atoms with Gasteiger partial charge in [0.1, 0.15) is 0 Å². The van der Waals surface area contributed by atoms with Gasteiger partial charge in [0.25, 0.3) is 0 Å². The van der Waals surface area contributed by atoms with Crippen LogP contribution in [0.4, 0.5) is 0 Å². The second kappa shape index (κ2) is 9.50. The van der Waals surface area contributed by atoms with E-state index >= 15 is 0 Å². The molecule has 5 nitrogen and oxygen atoms in total. The summed E-state index contributed by atoms with van der Waals surface area (Å²) in [6.45, 7) is 5.87. The van der Waals surface area contributed by atoms with Crippen LogP contribution >= 0.6 is 24.0 Å². The molecule has 6 heteroatoms. The van der Waals surface area contributed by atoms with Crippen LogP contribution in [-0.2, 0) is 6.54 Å². The molecule has 0 aliphatic carbocycles. The smallest absolute Gasteiger partial charge is 0.231 e. The van der Waals surface area contributed by atoms with E-state index in [1.54, 1.807) is 0 Å². The van der Waals surface area contributed by atoms with E-state index in [1.807, 2.05) is 36.4 Å². The van der Waals surface area contributed by atoms with Gasteiger partial charge >= 0.3 is 0 Å². The largest absolute Gasteiger partial charge is 0.454 e. The highest BCUT2D eigenvalue weighted by atomic mass is 127. The van der Waals surface area contributed by atoms with Crippen molar-refractivity contribution in [2.75, 3.05) is 13.3 Å². The predicted molar refractivity (Wildman–Crippen MR) is 111 cm³/mol. The average Bonchev–Trinajstić information content (AvgIpc) is 3.08. The fourth-order valence-corrected chi connectivity index (χ4v) is 2.56. The van der Waals surface area contributed by atoms with E-state index in [9.17, 15) is 0 Å². The van der Waals surface area contributed by atoms with Gasteiger partial charge in [0.15, 0.2) is 17.5 Å². The number of nitrogens with one attached hydrogen (secondary N) is 2. The summed E-state index contributed by atoms with van der Waals surface area (Å²) >= 11 is 0. The monoisotopic (exact) mass is 453 g/mol. The summed E-state index contributed by atoms with van der Waals surface area (Å²) in [6, 6.07) is 16.4. The summed E-state index contributed by atoms with van der Waals surface area (Å²) in [5.74, 6) is 2.38. The van der Waals surface area contributed by atoms with Crippen molar-refractivity contribution in [3.63, 3.8) is 0 Å². The van der Waals surface area contributed by atoms with Crippen LogP contribution in [-0.4, -0.2) is 19.3 Å². The highest BCUT2D eigenvalue weighted by Gasteiger charge is 2.13. The Morgan fingerprint density at radius 3 is 2.64 bits per heavy atom. The van der Waals surface area contributed by atoms with Crippen molar-refractivity contribution >= 4 is 29.9 Å². The van der Waals surface area contributed by atoms with Crippen molar-refractivity contribution in [1.29, 1.82) is 0 Å². The molecule has 1 heterocycles. The Balaban J connectivity index is 0.00000225. The van der Waals surface area contributed by atoms with Crippen LogP contribution in [0.3, 0.4) is 0 Å². The van der Waals surface area contributed by atoms with Crippen LogP contribution in [0.5, 0.6) is 11.5 Å². The Kier molecular flexibility index (Phi) is 7.36. The second-order valence-corrected chi connectivity index (χ2v) is 5.66. The Morgan fingerprint density at radius 1 is 1.12 bits per heavy atom. The Bertz CT molecular complexity index is 707. The first-order valence-corrected chi connectivity index (χ1v) is 8.24. The number of nitrogens with zero attached hydrogens (tertiary/aromatic N) is 1. The van der Waals surface area contributed by atoms with E-state index in [4.69, 9.17) is 9.47 Å². The number of benzene rings is 2. The lowest BCUT2D eigenvalue weighted by Crippen LogP contribution is -2.38. The molecule has 0 fully saturated rings. The summed E-state index contributed by atoms with van der Waals surface area (Å²) in [4.78, 5) is 4.67. The molecule has 0 spiro atoms. The van der Waals surface area contributed by atoms with Crippen molar-refractivity contribution in [1.82, 2.24) is 10.6 Å². The third-order valence-electron chi connectivity index (χ3n) is 3.85. The minimum Gasteiger partial charge on any atom is -0.454 e. The Morgan fingerprint density at radius 2 is 1.88 bits per heavy atom. The molecule has 1 atom stereocenters. The number of halogens is 1. The van der Waals surface area contributed by atoms with Crippen molar-refractivity contribution in [2.24, 2.45) is 4.99 Å². The molecule has 0 saturated heterocycles. The van der Waals surface area contributed by atoms with Gasteiger partial charge < -0.3 is 20.1 Å². The lowest BCUT2D eigenvalue weighted by molar-refractivity contribution is 0.174. The zero-order chi connectivity index (χ0) is 16.8. The second-order valence-electron chi connectivity index (χ2n) is 5.66. The van der Waals surface area contributed by atoms with Gasteiger partial charge in [-0.15, -0.1) is 24.0 Å². The number of hydrogen-bond donors (Lipinski definition) is 2. The zero-order valence-electron chi connectivity index (χ0n) is 14.5. The first kappa shape index (κ1) is 19.4. The predicted octanol–water partition coefficient (Wildman–Crippen LogP) is 3.85. The number of hydrogen-bond acceptors (Lipinski definition) is 3. The highest BCUT2D eigenvalue weighted by Crippen LogP contribution is 2.32. The SMILES string of the molecule is CCNC(=NCc1ccc2c(c1)OCO2)NC(C)c1ccccc1.I. The van der Waals surface area contributed by atoms with Crippen molar-refractivity contribution in [3.05, 3.63) is 59.7 Å². The van der Waals surface area contributed by atoms with Crippen LogP contribution < -0.4 is 20.1 Å². The fourth-order valence-electron chi connectivity index (χ4n) is 2.56. The molecule has 2 aromatic carbocycles. The molecule has 1 unspecified atom stereocenters. The van der Waals surface area contributed by atoms with Gasteiger partial charge in [0.2, 0.25) is 6.79 Å². The molecule has 1 aliphatic rings. The molecule has 0 amide bonds. The number of fused-ring (bicyclic) bond motifs is 1. The van der Waals surface area contributed by atoms with Crippen molar-refractivity contribution in [3.8, 4) is 11.5 Å². The zero-order valence-corrected chi connectivity index (χ0v) is 16.8. The van der Waals surface area contributed by atoms with Gasteiger partial charge in [-0.3, -0.25) is 0 Å². The van der Waals surface area contributed by atoms with Gasteiger partial charge in [-0.05, 0) is 37.1 Å². The van der Waals surface area contributed by atoms with Crippen LogP contribution in [0.25, 0.3) is 0 Å². The minimum atomic E-state index is 0. The number of aliphatic imine (C=N–C) groups is 1. The van der Waals surface area contributed by atoms with E-state index in [1.165, 1.54) is 5.56 Å². The molecule has 0 saturated carbocycles. The minimum absolute atomic E-state index is 0. The van der Waals surface area contributed by atoms with Gasteiger partial charge in [-0.1, -0.05) is 36.4 Å². The first-order valence-electron chi connectivity index (χ1n) is 8.24. The molecule has 3 rings (SSSR count). The summed E-state index contributed by atoms with van der Waals surface area (Å²) in [6.07, 6.45) is 0. The third kappa shape index (κ3) is 5.26. The normalized spacial score (nSPS) is 13.8. The topological polar surface area (TPSA) is 54.9 Å². The Labute approximate surface area is 165 Å². The molecule has 0 radical (unpaired) electrons. The number of rotatable bonds is 5. The van der Waals surface area contributed by atoms with Crippen LogP contribution in [0, 0.1) is 0 Å². The highest BCUT2D eigenvalue weighted by molar-refractivity contribution is 14.0. The number of ether oxygens (including phenoxy) is 2. The maximum atomic E-state index is 5.41.